The van der Waals surface area contributed by atoms with E-state index in [1.807, 2.05) is 20.8 Å². The van der Waals surface area contributed by atoms with Crippen LogP contribution in [0.25, 0.3) is 5.69 Å². The summed E-state index contributed by atoms with van der Waals surface area (Å²) in [6.45, 7) is 6.03. The van der Waals surface area contributed by atoms with Crippen molar-refractivity contribution >= 4 is 70.1 Å². The normalized spacial score (nSPS) is 10.9. The number of nitrogens with zero attached hydrogens (tertiary/aromatic N) is 2. The molecule has 0 bridgehead atoms. The molecule has 1 amide bonds. The van der Waals surface area contributed by atoms with E-state index >= 15 is 0 Å². The van der Waals surface area contributed by atoms with E-state index in [4.69, 9.17) is 35.4 Å². The van der Waals surface area contributed by atoms with Crippen LogP contribution >= 0.6 is 58.5 Å². The molecule has 0 atom stereocenters. The first-order valence-electron chi connectivity index (χ1n) is 8.30. The van der Waals surface area contributed by atoms with Crippen LogP contribution in [0.5, 0.6) is 0 Å². The summed E-state index contributed by atoms with van der Waals surface area (Å²) in [7, 11) is 0. The lowest BCUT2D eigenvalue weighted by molar-refractivity contribution is -0.113. The number of hydrogen-bond acceptors (Lipinski definition) is 5. The molecule has 0 fully saturated rings. The van der Waals surface area contributed by atoms with Gasteiger partial charge in [-0.2, -0.15) is 0 Å². The van der Waals surface area contributed by atoms with Gasteiger partial charge < -0.3 is 5.32 Å². The number of thioether (sulfide) groups is 1. The summed E-state index contributed by atoms with van der Waals surface area (Å²) in [5, 5.41) is 8.39. The molecule has 3 rings (SSSR count). The Kier molecular flexibility index (Phi) is 6.83. The van der Waals surface area contributed by atoms with E-state index in [2.05, 4.69) is 22.5 Å². The van der Waals surface area contributed by atoms with Gasteiger partial charge in [-0.1, -0.05) is 64.0 Å². The lowest BCUT2D eigenvalue weighted by atomic mass is 10.1. The van der Waals surface area contributed by atoms with E-state index in [1.165, 1.54) is 28.7 Å². The third kappa shape index (κ3) is 4.96. The molecule has 0 aliphatic rings. The van der Waals surface area contributed by atoms with Crippen molar-refractivity contribution in [1.29, 1.82) is 0 Å². The average molecular weight is 470 g/mol. The molecule has 0 aliphatic carbocycles. The van der Waals surface area contributed by atoms with Gasteiger partial charge in [-0.05, 0) is 62.3 Å². The lowest BCUT2D eigenvalue weighted by Crippen LogP contribution is -2.16. The standard InChI is InChI=1S/C19H17Cl2N3OS3/c1-10-6-11(2)17(12(3)7-10)22-16(25)9-27-18-23-24(19(26)28-18)13-4-5-14(20)15(21)8-13/h4-8H,9H2,1-3H3,(H,22,25). The molecule has 0 saturated heterocycles. The second kappa shape index (κ2) is 8.97. The average Bonchev–Trinajstić information content (AvgIpc) is 2.99. The van der Waals surface area contributed by atoms with Gasteiger partial charge in [-0.25, -0.2) is 4.68 Å². The molecule has 146 valence electrons. The van der Waals surface area contributed by atoms with Crippen molar-refractivity contribution in [2.75, 3.05) is 11.1 Å². The predicted octanol–water partition coefficient (Wildman–Crippen LogP) is 6.63. The van der Waals surface area contributed by atoms with Crippen LogP contribution in [0.3, 0.4) is 0 Å². The van der Waals surface area contributed by atoms with Crippen molar-refractivity contribution in [3.8, 4) is 5.69 Å². The Hall–Kier alpha value is -1.38. The van der Waals surface area contributed by atoms with Gasteiger partial charge in [-0.15, -0.1) is 5.10 Å². The molecule has 1 heterocycles. The number of carbonyl (C=O) groups excluding carboxylic acids is 1. The predicted molar refractivity (Wildman–Crippen MR) is 122 cm³/mol. The van der Waals surface area contributed by atoms with Gasteiger partial charge in [0.15, 0.2) is 8.29 Å². The fourth-order valence-electron chi connectivity index (χ4n) is 2.78. The SMILES string of the molecule is Cc1cc(C)c(NC(=O)CSc2nn(-c3ccc(Cl)c(Cl)c3)c(=S)s2)c(C)c1. The number of anilines is 1. The highest BCUT2D eigenvalue weighted by atomic mass is 35.5. The first kappa shape index (κ1) is 21.3. The number of nitrogens with one attached hydrogen (secondary N) is 1. The van der Waals surface area contributed by atoms with Crippen molar-refractivity contribution in [2.24, 2.45) is 0 Å². The molecule has 28 heavy (non-hydrogen) atoms. The van der Waals surface area contributed by atoms with Crippen molar-refractivity contribution in [3.63, 3.8) is 0 Å². The smallest absolute Gasteiger partial charge is 0.234 e. The molecule has 0 spiro atoms. The number of carbonyl (C=O) groups is 1. The van der Waals surface area contributed by atoms with Gasteiger partial charge in [0.05, 0.1) is 21.5 Å². The van der Waals surface area contributed by atoms with Crippen LogP contribution in [0.2, 0.25) is 10.0 Å². The minimum Gasteiger partial charge on any atom is -0.325 e. The maximum Gasteiger partial charge on any atom is 0.234 e. The third-order valence-electron chi connectivity index (χ3n) is 3.95. The second-order valence-corrected chi connectivity index (χ2v) is 9.91. The minimum absolute atomic E-state index is 0.0812. The molecule has 0 saturated carbocycles. The topological polar surface area (TPSA) is 46.9 Å². The summed E-state index contributed by atoms with van der Waals surface area (Å²) in [6, 6.07) is 9.32. The Labute approximate surface area is 186 Å². The summed E-state index contributed by atoms with van der Waals surface area (Å²) < 4.78 is 2.91. The monoisotopic (exact) mass is 469 g/mol. The molecule has 2 aromatic carbocycles. The summed E-state index contributed by atoms with van der Waals surface area (Å²) in [4.78, 5) is 12.4. The summed E-state index contributed by atoms with van der Waals surface area (Å²) in [5.41, 5.74) is 4.88. The van der Waals surface area contributed by atoms with Gasteiger partial charge in [0, 0.05) is 5.69 Å². The molecule has 0 unspecified atom stereocenters. The lowest BCUT2D eigenvalue weighted by Gasteiger charge is -2.12. The molecule has 0 radical (unpaired) electrons. The molecule has 1 aromatic heterocycles. The highest BCUT2D eigenvalue weighted by molar-refractivity contribution is 8.01. The van der Waals surface area contributed by atoms with E-state index in [0.29, 0.717) is 18.3 Å². The van der Waals surface area contributed by atoms with Crippen molar-refractivity contribution in [3.05, 3.63) is 61.0 Å². The molecule has 9 heteroatoms. The molecular formula is C19H17Cl2N3OS3. The van der Waals surface area contributed by atoms with E-state index in [-0.39, 0.29) is 11.7 Å². The Morgan fingerprint density at radius 1 is 1.18 bits per heavy atom. The largest absolute Gasteiger partial charge is 0.325 e. The van der Waals surface area contributed by atoms with E-state index in [0.717, 1.165) is 22.5 Å². The highest BCUT2D eigenvalue weighted by Gasteiger charge is 2.12. The Balaban J connectivity index is 1.69. The fourth-order valence-corrected chi connectivity index (χ4v) is 5.23. The molecular weight excluding hydrogens is 453 g/mol. The van der Waals surface area contributed by atoms with Crippen LogP contribution < -0.4 is 5.32 Å². The maximum atomic E-state index is 12.4. The van der Waals surface area contributed by atoms with Crippen LogP contribution in [0, 0.1) is 24.7 Å². The number of halogens is 2. The number of rotatable bonds is 5. The quantitative estimate of drug-likeness (QED) is 0.336. The second-order valence-electron chi connectivity index (χ2n) is 6.25. The van der Waals surface area contributed by atoms with Crippen LogP contribution in [0.4, 0.5) is 5.69 Å². The zero-order valence-corrected chi connectivity index (χ0v) is 19.3. The van der Waals surface area contributed by atoms with Gasteiger partial charge in [0.1, 0.15) is 0 Å². The Bertz CT molecular complexity index is 1090. The number of aryl methyl sites for hydroxylation is 3. The molecule has 4 nitrogen and oxygen atoms in total. The van der Waals surface area contributed by atoms with Crippen LogP contribution in [-0.2, 0) is 4.79 Å². The third-order valence-corrected chi connectivity index (χ3v) is 7.05. The summed E-state index contributed by atoms with van der Waals surface area (Å²) in [6.07, 6.45) is 0. The van der Waals surface area contributed by atoms with Crippen LogP contribution in [-0.4, -0.2) is 21.4 Å². The van der Waals surface area contributed by atoms with Crippen molar-refractivity contribution < 1.29 is 4.79 Å². The van der Waals surface area contributed by atoms with Crippen LogP contribution in [0.1, 0.15) is 16.7 Å². The van der Waals surface area contributed by atoms with E-state index in [1.54, 1.807) is 22.9 Å². The van der Waals surface area contributed by atoms with Crippen molar-refractivity contribution in [2.45, 2.75) is 25.1 Å². The Morgan fingerprint density at radius 2 is 1.86 bits per heavy atom. The van der Waals surface area contributed by atoms with Gasteiger partial charge in [0.2, 0.25) is 5.91 Å². The molecule has 3 aromatic rings. The first-order chi connectivity index (χ1) is 13.2. The highest BCUT2D eigenvalue weighted by Crippen LogP contribution is 2.28. The number of aromatic nitrogens is 2. The molecule has 0 aliphatic heterocycles. The van der Waals surface area contributed by atoms with Crippen molar-refractivity contribution in [1.82, 2.24) is 9.78 Å². The number of amides is 1. The number of benzene rings is 2. The minimum atomic E-state index is -0.0812. The zero-order chi connectivity index (χ0) is 20.4. The maximum absolute atomic E-state index is 12.4. The molecule has 1 N–H and O–H groups in total. The van der Waals surface area contributed by atoms with Gasteiger partial charge >= 0.3 is 0 Å². The van der Waals surface area contributed by atoms with Crippen LogP contribution in [0.15, 0.2) is 34.7 Å². The fraction of sp³-hybridized carbons (Fsp3) is 0.211. The Morgan fingerprint density at radius 3 is 2.50 bits per heavy atom. The number of hydrogen-bond donors (Lipinski definition) is 1. The zero-order valence-electron chi connectivity index (χ0n) is 15.4. The first-order valence-corrected chi connectivity index (χ1v) is 11.3. The summed E-state index contributed by atoms with van der Waals surface area (Å²) >= 11 is 20.1. The summed E-state index contributed by atoms with van der Waals surface area (Å²) in [5.74, 6) is 0.165. The van der Waals surface area contributed by atoms with Gasteiger partial charge in [-0.3, -0.25) is 4.79 Å². The van der Waals surface area contributed by atoms with E-state index < -0.39 is 0 Å². The van der Waals surface area contributed by atoms with E-state index in [9.17, 15) is 4.79 Å². The van der Waals surface area contributed by atoms with Gasteiger partial charge in [0.25, 0.3) is 0 Å².